The molecule has 1 N–H and O–H groups in total. The first kappa shape index (κ1) is 13.9. The van der Waals surface area contributed by atoms with Gasteiger partial charge in [-0.15, -0.1) is 0 Å². The molecule has 0 saturated carbocycles. The molecule has 14 heavy (non-hydrogen) atoms. The predicted molar refractivity (Wildman–Crippen MR) is 61.7 cm³/mol. The van der Waals surface area contributed by atoms with E-state index in [0.717, 1.165) is 45.2 Å². The minimum atomic E-state index is 0.740. The second-order valence-corrected chi connectivity index (χ2v) is 4.37. The zero-order chi connectivity index (χ0) is 10.8. The summed E-state index contributed by atoms with van der Waals surface area (Å²) in [7, 11) is 4.13. The Morgan fingerprint density at radius 1 is 1.21 bits per heavy atom. The fourth-order valence-corrected chi connectivity index (χ4v) is 1.04. The zero-order valence-electron chi connectivity index (χ0n) is 10.2. The van der Waals surface area contributed by atoms with E-state index in [0.29, 0.717) is 0 Å². The number of hydrogen-bond acceptors (Lipinski definition) is 3. The van der Waals surface area contributed by atoms with Crippen LogP contribution in [0.3, 0.4) is 0 Å². The quantitative estimate of drug-likeness (QED) is 0.569. The Balaban J connectivity index is 2.92. The summed E-state index contributed by atoms with van der Waals surface area (Å²) in [5.74, 6) is 0.740. The molecule has 0 aromatic heterocycles. The number of rotatable bonds is 9. The van der Waals surface area contributed by atoms with Crippen molar-refractivity contribution >= 4 is 0 Å². The highest BCUT2D eigenvalue weighted by molar-refractivity contribution is 4.51. The molecule has 0 aliphatic rings. The van der Waals surface area contributed by atoms with Crippen LogP contribution in [0.1, 0.15) is 20.3 Å². The molecular formula is C11H26N2O. The third-order valence-corrected chi connectivity index (χ3v) is 1.88. The second kappa shape index (κ2) is 9.44. The van der Waals surface area contributed by atoms with E-state index in [1.165, 1.54) is 0 Å². The molecule has 0 radical (unpaired) electrons. The maximum atomic E-state index is 5.47. The molecule has 0 heterocycles. The van der Waals surface area contributed by atoms with Crippen molar-refractivity contribution in [1.82, 2.24) is 10.2 Å². The monoisotopic (exact) mass is 202 g/mol. The molecule has 0 aliphatic carbocycles. The Hall–Kier alpha value is -0.120. The summed E-state index contributed by atoms with van der Waals surface area (Å²) in [5.41, 5.74) is 0. The molecule has 0 atom stereocenters. The van der Waals surface area contributed by atoms with Gasteiger partial charge in [-0.2, -0.15) is 0 Å². The van der Waals surface area contributed by atoms with Gasteiger partial charge >= 0.3 is 0 Å². The third-order valence-electron chi connectivity index (χ3n) is 1.88. The lowest BCUT2D eigenvalue weighted by molar-refractivity contribution is 0.115. The Morgan fingerprint density at radius 3 is 2.50 bits per heavy atom. The Kier molecular flexibility index (Phi) is 9.35. The van der Waals surface area contributed by atoms with Crippen LogP contribution >= 0.6 is 0 Å². The molecule has 0 bridgehead atoms. The van der Waals surface area contributed by atoms with Gasteiger partial charge in [-0.3, -0.25) is 0 Å². The van der Waals surface area contributed by atoms with Crippen LogP contribution in [0, 0.1) is 5.92 Å². The molecular weight excluding hydrogens is 176 g/mol. The van der Waals surface area contributed by atoms with Crippen molar-refractivity contribution in [1.29, 1.82) is 0 Å². The average molecular weight is 202 g/mol. The number of likely N-dealkylation sites (N-methyl/N-ethyl adjacent to an activating group) is 1. The molecule has 0 fully saturated rings. The summed E-state index contributed by atoms with van der Waals surface area (Å²) in [4.78, 5) is 2.14. The van der Waals surface area contributed by atoms with E-state index in [1.807, 2.05) is 0 Å². The first-order chi connectivity index (χ1) is 6.63. The molecule has 0 amide bonds. The van der Waals surface area contributed by atoms with Crippen LogP contribution in [-0.2, 0) is 4.74 Å². The first-order valence-electron chi connectivity index (χ1n) is 5.56. The zero-order valence-corrected chi connectivity index (χ0v) is 10.2. The topological polar surface area (TPSA) is 24.5 Å². The summed E-state index contributed by atoms with van der Waals surface area (Å²) < 4.78 is 5.47. The number of ether oxygens (including phenoxy) is 1. The minimum absolute atomic E-state index is 0.740. The van der Waals surface area contributed by atoms with Gasteiger partial charge in [-0.25, -0.2) is 0 Å². The standard InChI is InChI=1S/C11H26N2O/c1-11(2)10-12-6-5-8-14-9-7-13(3)4/h11-12H,5-10H2,1-4H3. The van der Waals surface area contributed by atoms with Gasteiger partial charge in [0.05, 0.1) is 6.61 Å². The van der Waals surface area contributed by atoms with Crippen LogP contribution in [0.15, 0.2) is 0 Å². The molecule has 0 rings (SSSR count). The molecule has 0 aromatic rings. The number of nitrogens with one attached hydrogen (secondary N) is 1. The molecule has 0 saturated heterocycles. The van der Waals surface area contributed by atoms with E-state index in [1.54, 1.807) is 0 Å². The highest BCUT2D eigenvalue weighted by Crippen LogP contribution is 1.88. The lowest BCUT2D eigenvalue weighted by Crippen LogP contribution is -2.22. The van der Waals surface area contributed by atoms with Gasteiger partial charge in [0.2, 0.25) is 0 Å². The van der Waals surface area contributed by atoms with E-state index in [4.69, 9.17) is 4.74 Å². The molecule has 0 aliphatic heterocycles. The maximum absolute atomic E-state index is 5.47. The highest BCUT2D eigenvalue weighted by Gasteiger charge is 1.93. The number of hydrogen-bond donors (Lipinski definition) is 1. The summed E-state index contributed by atoms with van der Waals surface area (Å²) in [6, 6.07) is 0. The summed E-state index contributed by atoms with van der Waals surface area (Å²) in [5, 5.41) is 3.39. The van der Waals surface area contributed by atoms with Crippen molar-refractivity contribution in [2.75, 3.05) is 46.9 Å². The average Bonchev–Trinajstić information content (AvgIpc) is 2.08. The SMILES string of the molecule is CC(C)CNCCCOCCN(C)C. The molecule has 86 valence electrons. The molecule has 3 heteroatoms. The van der Waals surface area contributed by atoms with Gasteiger partial charge in [0.25, 0.3) is 0 Å². The van der Waals surface area contributed by atoms with Crippen molar-refractivity contribution in [3.63, 3.8) is 0 Å². The lowest BCUT2D eigenvalue weighted by Gasteiger charge is -2.10. The summed E-state index contributed by atoms with van der Waals surface area (Å²) >= 11 is 0. The lowest BCUT2D eigenvalue weighted by atomic mass is 10.2. The molecule has 3 nitrogen and oxygen atoms in total. The third kappa shape index (κ3) is 11.9. The van der Waals surface area contributed by atoms with Crippen molar-refractivity contribution < 1.29 is 4.74 Å². The van der Waals surface area contributed by atoms with E-state index in [-0.39, 0.29) is 0 Å². The van der Waals surface area contributed by atoms with Crippen LogP contribution < -0.4 is 5.32 Å². The largest absolute Gasteiger partial charge is 0.380 e. The minimum Gasteiger partial charge on any atom is -0.380 e. The van der Waals surface area contributed by atoms with Gasteiger partial charge in [-0.05, 0) is 39.5 Å². The van der Waals surface area contributed by atoms with Crippen LogP contribution in [-0.4, -0.2) is 51.8 Å². The number of nitrogens with zero attached hydrogens (tertiary/aromatic N) is 1. The van der Waals surface area contributed by atoms with Gasteiger partial charge in [0.15, 0.2) is 0 Å². The van der Waals surface area contributed by atoms with Crippen LogP contribution in [0.2, 0.25) is 0 Å². The molecule has 0 aromatic carbocycles. The van der Waals surface area contributed by atoms with Crippen molar-refractivity contribution in [3.05, 3.63) is 0 Å². The summed E-state index contributed by atoms with van der Waals surface area (Å²) in [6.07, 6.45) is 1.11. The Labute approximate surface area is 88.8 Å². The second-order valence-electron chi connectivity index (χ2n) is 4.37. The Bertz CT molecular complexity index is 102. The van der Waals surface area contributed by atoms with E-state index in [9.17, 15) is 0 Å². The summed E-state index contributed by atoms with van der Waals surface area (Å²) in [6.45, 7) is 9.36. The van der Waals surface area contributed by atoms with Crippen LogP contribution in [0.5, 0.6) is 0 Å². The molecule has 0 unspecified atom stereocenters. The van der Waals surface area contributed by atoms with Crippen molar-refractivity contribution in [3.8, 4) is 0 Å². The van der Waals surface area contributed by atoms with Gasteiger partial charge in [0.1, 0.15) is 0 Å². The predicted octanol–water partition coefficient (Wildman–Crippen LogP) is 1.20. The fraction of sp³-hybridized carbons (Fsp3) is 1.00. The van der Waals surface area contributed by atoms with Gasteiger partial charge < -0.3 is 15.0 Å². The van der Waals surface area contributed by atoms with E-state index in [2.05, 4.69) is 38.2 Å². The smallest absolute Gasteiger partial charge is 0.0593 e. The van der Waals surface area contributed by atoms with Gasteiger partial charge in [-0.1, -0.05) is 13.8 Å². The van der Waals surface area contributed by atoms with Gasteiger partial charge in [0, 0.05) is 13.2 Å². The van der Waals surface area contributed by atoms with Crippen LogP contribution in [0.25, 0.3) is 0 Å². The molecule has 0 spiro atoms. The fourth-order valence-electron chi connectivity index (χ4n) is 1.04. The Morgan fingerprint density at radius 2 is 1.93 bits per heavy atom. The first-order valence-corrected chi connectivity index (χ1v) is 5.56. The highest BCUT2D eigenvalue weighted by atomic mass is 16.5. The van der Waals surface area contributed by atoms with E-state index < -0.39 is 0 Å². The van der Waals surface area contributed by atoms with Crippen LogP contribution in [0.4, 0.5) is 0 Å². The van der Waals surface area contributed by atoms with Crippen molar-refractivity contribution in [2.24, 2.45) is 5.92 Å². The van der Waals surface area contributed by atoms with E-state index >= 15 is 0 Å². The van der Waals surface area contributed by atoms with Crippen molar-refractivity contribution in [2.45, 2.75) is 20.3 Å². The maximum Gasteiger partial charge on any atom is 0.0593 e. The normalized spacial score (nSPS) is 11.6.